The second kappa shape index (κ2) is 4.06. The van der Waals surface area contributed by atoms with E-state index in [2.05, 4.69) is 0 Å². The number of halogens is 2. The molecule has 0 N–H and O–H groups in total. The second-order valence-electron chi connectivity index (χ2n) is 4.89. The summed E-state index contributed by atoms with van der Waals surface area (Å²) < 4.78 is 25.8. The minimum atomic E-state index is -2.58. The smallest absolute Gasteiger partial charge is 0.251 e. The van der Waals surface area contributed by atoms with Gasteiger partial charge in [-0.2, -0.15) is 0 Å². The van der Waals surface area contributed by atoms with Crippen LogP contribution in [0.2, 0.25) is 0 Å². The molecule has 0 atom stereocenters. The molecule has 0 aromatic carbocycles. The van der Waals surface area contributed by atoms with Crippen molar-refractivity contribution >= 4 is 5.91 Å². The van der Waals surface area contributed by atoms with Crippen molar-refractivity contribution in [1.82, 2.24) is 4.90 Å². The van der Waals surface area contributed by atoms with Crippen LogP contribution in [0, 0.1) is 5.41 Å². The fourth-order valence-electron chi connectivity index (χ4n) is 1.62. The Morgan fingerprint density at radius 2 is 1.80 bits per heavy atom. The summed E-state index contributed by atoms with van der Waals surface area (Å²) in [6, 6.07) is 0. The Bertz CT molecular complexity index is 241. The highest BCUT2D eigenvalue weighted by molar-refractivity contribution is 5.82. The highest BCUT2D eigenvalue weighted by Crippen LogP contribution is 2.31. The monoisotopic (exact) mass is 219 g/mol. The number of carbonyl (C=O) groups is 1. The topological polar surface area (TPSA) is 20.3 Å². The molecule has 15 heavy (non-hydrogen) atoms. The number of hydrogen-bond acceptors (Lipinski definition) is 1. The highest BCUT2D eigenvalue weighted by atomic mass is 19.3. The molecule has 1 fully saturated rings. The van der Waals surface area contributed by atoms with Gasteiger partial charge in [-0.1, -0.05) is 20.8 Å². The van der Waals surface area contributed by atoms with E-state index in [0.29, 0.717) is 0 Å². The minimum Gasteiger partial charge on any atom is -0.342 e. The van der Waals surface area contributed by atoms with Crippen LogP contribution in [-0.4, -0.2) is 29.8 Å². The average Bonchev–Trinajstić information content (AvgIpc) is 2.17. The molecule has 0 saturated carbocycles. The Morgan fingerprint density at radius 1 is 1.33 bits per heavy atom. The van der Waals surface area contributed by atoms with Crippen LogP contribution in [0.25, 0.3) is 0 Å². The Balaban J connectivity index is 2.58. The number of carbonyl (C=O) groups excluding carboxylic acids is 1. The Hall–Kier alpha value is -0.670. The third-order valence-corrected chi connectivity index (χ3v) is 3.25. The molecule has 1 rings (SSSR count). The van der Waals surface area contributed by atoms with Gasteiger partial charge in [0.15, 0.2) is 0 Å². The zero-order valence-electron chi connectivity index (χ0n) is 9.65. The van der Waals surface area contributed by atoms with Gasteiger partial charge >= 0.3 is 0 Å². The molecule has 2 nitrogen and oxygen atoms in total. The van der Waals surface area contributed by atoms with Crippen molar-refractivity contribution in [2.45, 2.75) is 46.0 Å². The van der Waals surface area contributed by atoms with E-state index in [1.54, 1.807) is 4.90 Å². The molecule has 0 aliphatic carbocycles. The molecule has 1 aliphatic heterocycles. The first-order valence-electron chi connectivity index (χ1n) is 5.46. The Kier molecular flexibility index (Phi) is 3.36. The number of likely N-dealkylation sites (tertiary alicyclic amines) is 1. The van der Waals surface area contributed by atoms with Crippen molar-refractivity contribution in [3.8, 4) is 0 Å². The van der Waals surface area contributed by atoms with E-state index in [-0.39, 0.29) is 31.8 Å². The van der Waals surface area contributed by atoms with Gasteiger partial charge in [-0.25, -0.2) is 8.78 Å². The van der Waals surface area contributed by atoms with Gasteiger partial charge in [0.1, 0.15) is 0 Å². The number of amides is 1. The standard InChI is InChI=1S/C11H19F2NO/c1-4-10(2,3)9(15)14-7-5-11(12,13)6-8-14/h4-8H2,1-3H3. The lowest BCUT2D eigenvalue weighted by Crippen LogP contribution is -2.47. The van der Waals surface area contributed by atoms with E-state index >= 15 is 0 Å². The van der Waals surface area contributed by atoms with Crippen LogP contribution < -0.4 is 0 Å². The van der Waals surface area contributed by atoms with Crippen molar-refractivity contribution in [3.63, 3.8) is 0 Å². The summed E-state index contributed by atoms with van der Waals surface area (Å²) in [5.41, 5.74) is -0.424. The normalized spacial score (nSPS) is 21.5. The first kappa shape index (κ1) is 12.4. The fraction of sp³-hybridized carbons (Fsp3) is 0.909. The number of rotatable bonds is 2. The van der Waals surface area contributed by atoms with Crippen molar-refractivity contribution in [3.05, 3.63) is 0 Å². The first-order valence-corrected chi connectivity index (χ1v) is 5.46. The number of alkyl halides is 2. The lowest BCUT2D eigenvalue weighted by Gasteiger charge is -2.36. The van der Waals surface area contributed by atoms with Crippen LogP contribution in [-0.2, 0) is 4.79 Å². The molecule has 88 valence electrons. The van der Waals surface area contributed by atoms with Crippen LogP contribution in [0.3, 0.4) is 0 Å². The summed E-state index contributed by atoms with van der Waals surface area (Å²) >= 11 is 0. The molecular formula is C11H19F2NO. The van der Waals surface area contributed by atoms with E-state index in [0.717, 1.165) is 6.42 Å². The van der Waals surface area contributed by atoms with Crippen LogP contribution in [0.15, 0.2) is 0 Å². The van der Waals surface area contributed by atoms with Crippen molar-refractivity contribution in [1.29, 1.82) is 0 Å². The summed E-state index contributed by atoms with van der Waals surface area (Å²) in [5.74, 6) is -2.58. The van der Waals surface area contributed by atoms with Gasteiger partial charge in [0.05, 0.1) is 0 Å². The van der Waals surface area contributed by atoms with E-state index in [1.165, 1.54) is 0 Å². The minimum absolute atomic E-state index is 0.000463. The molecule has 0 bridgehead atoms. The number of nitrogens with zero attached hydrogens (tertiary/aromatic N) is 1. The van der Waals surface area contributed by atoms with Crippen LogP contribution in [0.4, 0.5) is 8.78 Å². The third-order valence-electron chi connectivity index (χ3n) is 3.25. The van der Waals surface area contributed by atoms with Crippen molar-refractivity contribution < 1.29 is 13.6 Å². The van der Waals surface area contributed by atoms with Gasteiger partial charge in [0.25, 0.3) is 5.92 Å². The lowest BCUT2D eigenvalue weighted by molar-refractivity contribution is -0.146. The SMILES string of the molecule is CCC(C)(C)C(=O)N1CCC(F)(F)CC1. The molecular weight excluding hydrogens is 200 g/mol. The van der Waals surface area contributed by atoms with Gasteiger partial charge < -0.3 is 4.90 Å². The summed E-state index contributed by atoms with van der Waals surface area (Å²) in [4.78, 5) is 13.5. The third kappa shape index (κ3) is 2.89. The van der Waals surface area contributed by atoms with E-state index in [4.69, 9.17) is 0 Å². The zero-order valence-corrected chi connectivity index (χ0v) is 9.65. The molecule has 1 saturated heterocycles. The molecule has 0 radical (unpaired) electrons. The quantitative estimate of drug-likeness (QED) is 0.699. The van der Waals surface area contributed by atoms with Crippen LogP contribution >= 0.6 is 0 Å². The summed E-state index contributed by atoms with van der Waals surface area (Å²) in [6.45, 7) is 6.05. The van der Waals surface area contributed by atoms with Crippen molar-refractivity contribution in [2.75, 3.05) is 13.1 Å². The van der Waals surface area contributed by atoms with Crippen LogP contribution in [0.1, 0.15) is 40.0 Å². The molecule has 1 heterocycles. The van der Waals surface area contributed by atoms with E-state index < -0.39 is 11.3 Å². The maximum atomic E-state index is 12.9. The largest absolute Gasteiger partial charge is 0.342 e. The van der Waals surface area contributed by atoms with E-state index in [9.17, 15) is 13.6 Å². The highest BCUT2D eigenvalue weighted by Gasteiger charge is 2.38. The lowest BCUT2D eigenvalue weighted by atomic mass is 9.87. The van der Waals surface area contributed by atoms with E-state index in [1.807, 2.05) is 20.8 Å². The number of hydrogen-bond donors (Lipinski definition) is 0. The summed E-state index contributed by atoms with van der Waals surface area (Å²) in [5, 5.41) is 0. The maximum Gasteiger partial charge on any atom is 0.251 e. The molecule has 0 aromatic heterocycles. The Labute approximate surface area is 89.6 Å². The van der Waals surface area contributed by atoms with Gasteiger partial charge in [-0.15, -0.1) is 0 Å². The molecule has 1 aliphatic rings. The van der Waals surface area contributed by atoms with Crippen molar-refractivity contribution in [2.24, 2.45) is 5.41 Å². The van der Waals surface area contributed by atoms with Gasteiger partial charge in [-0.3, -0.25) is 4.79 Å². The molecule has 1 amide bonds. The fourth-order valence-corrected chi connectivity index (χ4v) is 1.62. The molecule has 0 unspecified atom stereocenters. The molecule has 0 spiro atoms. The number of piperidine rings is 1. The van der Waals surface area contributed by atoms with Gasteiger partial charge in [0, 0.05) is 31.3 Å². The predicted octanol–water partition coefficient (Wildman–Crippen LogP) is 2.68. The first-order chi connectivity index (χ1) is 6.78. The Morgan fingerprint density at radius 3 is 2.20 bits per heavy atom. The maximum absolute atomic E-state index is 12.9. The van der Waals surface area contributed by atoms with Gasteiger partial charge in [0.2, 0.25) is 5.91 Å². The zero-order chi connectivity index (χ0) is 11.7. The predicted molar refractivity (Wildman–Crippen MR) is 54.8 cm³/mol. The summed E-state index contributed by atoms with van der Waals surface area (Å²) in [6.07, 6.45) is 0.343. The average molecular weight is 219 g/mol. The molecule has 0 aromatic rings. The van der Waals surface area contributed by atoms with Gasteiger partial charge in [-0.05, 0) is 6.42 Å². The second-order valence-corrected chi connectivity index (χ2v) is 4.89. The molecule has 4 heteroatoms. The van der Waals surface area contributed by atoms with Crippen LogP contribution in [0.5, 0.6) is 0 Å². The summed E-state index contributed by atoms with van der Waals surface area (Å²) in [7, 11) is 0.